The quantitative estimate of drug-likeness (QED) is 0.632. The number of cyclic esters (lactones) is 1. The summed E-state index contributed by atoms with van der Waals surface area (Å²) < 4.78 is 11.5. The van der Waals surface area contributed by atoms with Crippen molar-refractivity contribution in [2.75, 3.05) is 7.11 Å². The van der Waals surface area contributed by atoms with Crippen molar-refractivity contribution in [3.63, 3.8) is 0 Å². The van der Waals surface area contributed by atoms with Gasteiger partial charge in [0, 0.05) is 22.7 Å². The molecule has 1 heterocycles. The van der Waals surface area contributed by atoms with Gasteiger partial charge in [0.05, 0.1) is 5.56 Å². The van der Waals surface area contributed by atoms with Crippen molar-refractivity contribution in [1.29, 1.82) is 0 Å². The molecule has 1 aliphatic heterocycles. The van der Waals surface area contributed by atoms with Crippen LogP contribution in [0, 0.1) is 0 Å². The van der Waals surface area contributed by atoms with E-state index in [-0.39, 0.29) is 0 Å². The third-order valence-corrected chi connectivity index (χ3v) is 3.96. The van der Waals surface area contributed by atoms with E-state index < -0.39 is 17.5 Å². The van der Waals surface area contributed by atoms with Crippen molar-refractivity contribution in [2.24, 2.45) is 0 Å². The zero-order valence-electron chi connectivity index (χ0n) is 11.1. The number of carbonyl (C=O) groups excluding carboxylic acids is 2. The molecule has 1 unspecified atom stereocenters. The van der Waals surface area contributed by atoms with Crippen LogP contribution >= 0.6 is 15.9 Å². The topological polar surface area (TPSA) is 52.6 Å². The van der Waals surface area contributed by atoms with Gasteiger partial charge in [-0.1, -0.05) is 46.3 Å². The smallest absolute Gasteiger partial charge is 0.341 e. The molecule has 0 fully saturated rings. The number of hydrogen-bond donors (Lipinski definition) is 0. The molecule has 5 heteroatoms. The lowest BCUT2D eigenvalue weighted by Gasteiger charge is -2.25. The Kier molecular flexibility index (Phi) is 3.39. The summed E-state index contributed by atoms with van der Waals surface area (Å²) >= 11 is 3.32. The summed E-state index contributed by atoms with van der Waals surface area (Å²) in [7, 11) is 1.35. The van der Waals surface area contributed by atoms with E-state index in [1.165, 1.54) is 7.11 Å². The van der Waals surface area contributed by atoms with Crippen LogP contribution < -0.4 is 0 Å². The predicted molar refractivity (Wildman–Crippen MR) is 79.0 cm³/mol. The summed E-state index contributed by atoms with van der Waals surface area (Å²) in [5, 5.41) is 0. The molecule has 0 aromatic heterocycles. The summed E-state index contributed by atoms with van der Waals surface area (Å²) in [4.78, 5) is 24.8. The van der Waals surface area contributed by atoms with Gasteiger partial charge >= 0.3 is 11.8 Å². The van der Waals surface area contributed by atoms with Gasteiger partial charge in [-0.2, -0.15) is 0 Å². The number of methoxy groups -OCH3 is 1. The first-order chi connectivity index (χ1) is 10.1. The van der Waals surface area contributed by atoms with Crippen LogP contribution in [-0.2, 0) is 15.3 Å². The van der Waals surface area contributed by atoms with Crippen molar-refractivity contribution < 1.29 is 19.1 Å². The van der Waals surface area contributed by atoms with Gasteiger partial charge in [-0.15, -0.1) is 0 Å². The first-order valence-electron chi connectivity index (χ1n) is 6.27. The lowest BCUT2D eigenvalue weighted by molar-refractivity contribution is -0.149. The van der Waals surface area contributed by atoms with Gasteiger partial charge in [-0.25, -0.2) is 4.79 Å². The van der Waals surface area contributed by atoms with Crippen LogP contribution in [0.15, 0.2) is 53.0 Å². The second-order valence-corrected chi connectivity index (χ2v) is 5.51. The molecule has 0 bridgehead atoms. The molecule has 0 amide bonds. The Balaban J connectivity index is 2.12. The molecule has 21 heavy (non-hydrogen) atoms. The number of hydrogen-bond acceptors (Lipinski definition) is 4. The van der Waals surface area contributed by atoms with Gasteiger partial charge in [-0.05, 0) is 18.2 Å². The van der Waals surface area contributed by atoms with Gasteiger partial charge in [-0.3, -0.25) is 4.79 Å². The molecule has 106 valence electrons. The molecule has 0 aliphatic carbocycles. The molecular weight excluding hydrogens is 336 g/mol. The Hall–Kier alpha value is -1.98. The van der Waals surface area contributed by atoms with Gasteiger partial charge in [0.15, 0.2) is 0 Å². The lowest BCUT2D eigenvalue weighted by atomic mass is 9.94. The van der Waals surface area contributed by atoms with E-state index in [1.54, 1.807) is 48.5 Å². The molecule has 1 aliphatic rings. The highest BCUT2D eigenvalue weighted by Gasteiger charge is 2.52. The molecule has 0 N–H and O–H groups in total. The zero-order valence-corrected chi connectivity index (χ0v) is 12.7. The van der Waals surface area contributed by atoms with E-state index in [4.69, 9.17) is 9.47 Å². The van der Waals surface area contributed by atoms with Crippen LogP contribution in [0.25, 0.3) is 0 Å². The second kappa shape index (κ2) is 5.09. The summed E-state index contributed by atoms with van der Waals surface area (Å²) in [6, 6.07) is 13.6. The molecule has 0 saturated carbocycles. The van der Waals surface area contributed by atoms with Crippen molar-refractivity contribution in [3.05, 3.63) is 69.7 Å². The molecule has 4 nitrogen and oxygen atoms in total. The Morgan fingerprint density at radius 1 is 1.14 bits per heavy atom. The van der Waals surface area contributed by atoms with E-state index in [0.29, 0.717) is 16.7 Å². The van der Waals surface area contributed by atoms with Crippen LogP contribution in [0.3, 0.4) is 0 Å². The van der Waals surface area contributed by atoms with Crippen LogP contribution in [0.2, 0.25) is 0 Å². The number of halogens is 1. The fourth-order valence-electron chi connectivity index (χ4n) is 2.39. The lowest BCUT2D eigenvalue weighted by Crippen LogP contribution is -2.38. The summed E-state index contributed by atoms with van der Waals surface area (Å²) in [5.74, 6) is -2.67. The summed E-state index contributed by atoms with van der Waals surface area (Å²) in [6.07, 6.45) is 0. The molecule has 1 atom stereocenters. The number of ketones is 1. The van der Waals surface area contributed by atoms with Crippen molar-refractivity contribution in [2.45, 2.75) is 5.79 Å². The van der Waals surface area contributed by atoms with E-state index in [1.807, 2.05) is 0 Å². The molecule has 2 aromatic rings. The molecule has 3 rings (SSSR count). The molecule has 2 aromatic carbocycles. The van der Waals surface area contributed by atoms with Gasteiger partial charge in [0.1, 0.15) is 0 Å². The number of Topliss-reactive ketones (excluding diaryl/α,β-unsaturated/α-hetero) is 1. The minimum absolute atomic E-state index is 0.352. The third-order valence-electron chi connectivity index (χ3n) is 3.43. The molecule has 0 saturated heterocycles. The van der Waals surface area contributed by atoms with E-state index in [2.05, 4.69) is 15.9 Å². The zero-order chi connectivity index (χ0) is 15.0. The minimum atomic E-state index is -1.71. The van der Waals surface area contributed by atoms with E-state index >= 15 is 0 Å². The number of esters is 1. The molecule has 0 spiro atoms. The van der Waals surface area contributed by atoms with Crippen molar-refractivity contribution >= 4 is 27.7 Å². The van der Waals surface area contributed by atoms with Crippen LogP contribution in [-0.4, -0.2) is 18.9 Å². The van der Waals surface area contributed by atoms with Crippen molar-refractivity contribution in [3.8, 4) is 0 Å². The Morgan fingerprint density at radius 3 is 2.48 bits per heavy atom. The van der Waals surface area contributed by atoms with Gasteiger partial charge in [0.25, 0.3) is 0 Å². The minimum Gasteiger partial charge on any atom is -0.417 e. The average Bonchev–Trinajstić information content (AvgIpc) is 2.81. The van der Waals surface area contributed by atoms with Gasteiger partial charge in [0.2, 0.25) is 5.78 Å². The Labute approximate surface area is 129 Å². The van der Waals surface area contributed by atoms with E-state index in [9.17, 15) is 9.59 Å². The molecule has 0 radical (unpaired) electrons. The van der Waals surface area contributed by atoms with Crippen LogP contribution in [0.1, 0.15) is 26.3 Å². The number of ether oxygens (including phenoxy) is 2. The maximum absolute atomic E-state index is 12.8. The number of carbonyl (C=O) groups is 2. The third kappa shape index (κ3) is 2.09. The summed E-state index contributed by atoms with van der Waals surface area (Å²) in [6.45, 7) is 0. The predicted octanol–water partition coefficient (Wildman–Crippen LogP) is 3.30. The van der Waals surface area contributed by atoms with Crippen LogP contribution in [0.4, 0.5) is 0 Å². The van der Waals surface area contributed by atoms with Gasteiger partial charge < -0.3 is 9.47 Å². The summed E-state index contributed by atoms with van der Waals surface area (Å²) in [5.41, 5.74) is 1.19. The largest absolute Gasteiger partial charge is 0.417 e. The average molecular weight is 347 g/mol. The number of fused-ring (bicyclic) bond motifs is 1. The molecular formula is C16H11BrO4. The first kappa shape index (κ1) is 14.0. The Bertz CT molecular complexity index is 723. The monoisotopic (exact) mass is 346 g/mol. The second-order valence-electron chi connectivity index (χ2n) is 4.59. The highest BCUT2D eigenvalue weighted by atomic mass is 79.9. The normalized spacial score (nSPS) is 20.0. The number of benzene rings is 2. The maximum atomic E-state index is 12.8. The SMILES string of the molecule is COC1(C(=O)c2ccc(Br)cc2)OC(=O)c2ccccc21. The standard InChI is InChI=1S/C16H11BrO4/c1-20-16(14(18)10-6-8-11(17)9-7-10)13-5-3-2-4-12(13)15(19)21-16/h2-9H,1H3. The fraction of sp³-hybridized carbons (Fsp3) is 0.125. The van der Waals surface area contributed by atoms with Crippen LogP contribution in [0.5, 0.6) is 0 Å². The fourth-order valence-corrected chi connectivity index (χ4v) is 2.66. The first-order valence-corrected chi connectivity index (χ1v) is 7.06. The highest BCUT2D eigenvalue weighted by molar-refractivity contribution is 9.10. The number of rotatable bonds is 3. The highest BCUT2D eigenvalue weighted by Crippen LogP contribution is 2.39. The van der Waals surface area contributed by atoms with E-state index in [0.717, 1.165) is 4.47 Å². The Morgan fingerprint density at radius 2 is 1.81 bits per heavy atom. The maximum Gasteiger partial charge on any atom is 0.341 e. The van der Waals surface area contributed by atoms with Crippen molar-refractivity contribution in [1.82, 2.24) is 0 Å².